The molecule has 7 nitrogen and oxygen atoms in total. The summed E-state index contributed by atoms with van der Waals surface area (Å²) in [5.74, 6) is -0.904. The minimum absolute atomic E-state index is 0.227. The first-order valence-corrected chi connectivity index (χ1v) is 10.8. The third-order valence-electron chi connectivity index (χ3n) is 4.77. The van der Waals surface area contributed by atoms with Crippen LogP contribution in [0, 0.1) is 5.82 Å². The van der Waals surface area contributed by atoms with Crippen molar-refractivity contribution in [3.8, 4) is 0 Å². The van der Waals surface area contributed by atoms with Gasteiger partial charge in [-0.25, -0.2) is 9.37 Å². The Bertz CT molecular complexity index is 1240. The number of hydrogen-bond donors (Lipinski definition) is 2. The molecule has 162 valence electrons. The maximum absolute atomic E-state index is 13.8. The highest BCUT2D eigenvalue weighted by Gasteiger charge is 2.16. The summed E-state index contributed by atoms with van der Waals surface area (Å²) in [6.45, 7) is 1.75. The number of carbonyl (C=O) groups excluding carboxylic acids is 2. The van der Waals surface area contributed by atoms with Crippen molar-refractivity contribution in [1.29, 1.82) is 0 Å². The van der Waals surface area contributed by atoms with Crippen LogP contribution in [0.2, 0.25) is 0 Å². The maximum Gasteiger partial charge on any atom is 0.275 e. The third-order valence-corrected chi connectivity index (χ3v) is 5.62. The number of hydrogen-bond acceptors (Lipinski definition) is 5. The summed E-state index contributed by atoms with van der Waals surface area (Å²) in [6.07, 6.45) is 3.65. The van der Waals surface area contributed by atoms with E-state index in [2.05, 4.69) is 20.7 Å². The molecule has 0 bridgehead atoms. The number of nitrogens with zero attached hydrogens (tertiary/aromatic N) is 3. The topological polar surface area (TPSA) is 88.9 Å². The van der Waals surface area contributed by atoms with Crippen molar-refractivity contribution >= 4 is 34.5 Å². The molecule has 2 amide bonds. The predicted octanol–water partition coefficient (Wildman–Crippen LogP) is 4.52. The van der Waals surface area contributed by atoms with Crippen molar-refractivity contribution < 1.29 is 14.0 Å². The first-order valence-electron chi connectivity index (χ1n) is 9.89. The lowest BCUT2D eigenvalue weighted by molar-refractivity contribution is -0.119. The molecular formula is C23H20FN5O2S. The van der Waals surface area contributed by atoms with Gasteiger partial charge in [0, 0.05) is 35.6 Å². The number of carbonyl (C=O) groups is 2. The molecule has 2 N–H and O–H groups in total. The maximum atomic E-state index is 13.8. The molecule has 2 aromatic heterocycles. The lowest BCUT2D eigenvalue weighted by Crippen LogP contribution is -2.24. The van der Waals surface area contributed by atoms with Crippen LogP contribution < -0.4 is 10.6 Å². The number of thiazole rings is 1. The molecule has 1 atom stereocenters. The Morgan fingerprint density at radius 2 is 1.88 bits per heavy atom. The predicted molar refractivity (Wildman–Crippen MR) is 121 cm³/mol. The summed E-state index contributed by atoms with van der Waals surface area (Å²) >= 11 is 1.30. The van der Waals surface area contributed by atoms with Gasteiger partial charge in [0.25, 0.3) is 5.91 Å². The Labute approximate surface area is 187 Å². The molecule has 0 spiro atoms. The van der Waals surface area contributed by atoms with Crippen molar-refractivity contribution in [2.75, 3.05) is 10.6 Å². The molecule has 0 aliphatic heterocycles. The molecule has 0 aliphatic carbocycles. The van der Waals surface area contributed by atoms with Crippen LogP contribution >= 0.6 is 11.3 Å². The number of nitrogens with one attached hydrogen (secondary N) is 2. The van der Waals surface area contributed by atoms with E-state index in [4.69, 9.17) is 0 Å². The second-order valence-electron chi connectivity index (χ2n) is 7.08. The van der Waals surface area contributed by atoms with Crippen LogP contribution in [0.4, 0.5) is 15.8 Å². The summed E-state index contributed by atoms with van der Waals surface area (Å²) < 4.78 is 15.4. The summed E-state index contributed by atoms with van der Waals surface area (Å²) in [7, 11) is 0. The fraction of sp³-hybridized carbons (Fsp3) is 0.130. The molecule has 2 aromatic carbocycles. The third kappa shape index (κ3) is 5.06. The van der Waals surface area contributed by atoms with Gasteiger partial charge in [0.05, 0.1) is 5.01 Å². The Balaban J connectivity index is 1.39. The summed E-state index contributed by atoms with van der Waals surface area (Å²) in [4.78, 5) is 29.4. The van der Waals surface area contributed by atoms with Gasteiger partial charge in [-0.1, -0.05) is 24.3 Å². The molecule has 32 heavy (non-hydrogen) atoms. The second-order valence-corrected chi connectivity index (χ2v) is 8.02. The minimum Gasteiger partial charge on any atom is -0.324 e. The Morgan fingerprint density at radius 1 is 1.09 bits per heavy atom. The van der Waals surface area contributed by atoms with E-state index in [1.54, 1.807) is 77.9 Å². The first-order chi connectivity index (χ1) is 15.5. The smallest absolute Gasteiger partial charge is 0.275 e. The lowest BCUT2D eigenvalue weighted by atomic mass is 10.1. The van der Waals surface area contributed by atoms with Crippen LogP contribution in [0.1, 0.15) is 34.0 Å². The average molecular weight is 450 g/mol. The van der Waals surface area contributed by atoms with Crippen LogP contribution in [0.25, 0.3) is 0 Å². The fourth-order valence-electron chi connectivity index (χ4n) is 3.05. The molecule has 0 radical (unpaired) electrons. The molecule has 0 saturated heterocycles. The van der Waals surface area contributed by atoms with Crippen molar-refractivity contribution in [3.05, 3.63) is 94.5 Å². The van der Waals surface area contributed by atoms with Gasteiger partial charge in [-0.2, -0.15) is 5.10 Å². The molecule has 1 unspecified atom stereocenters. The van der Waals surface area contributed by atoms with Gasteiger partial charge in [0.2, 0.25) is 5.91 Å². The summed E-state index contributed by atoms with van der Waals surface area (Å²) in [5, 5.41) is 12.0. The van der Waals surface area contributed by atoms with Crippen LogP contribution in [-0.2, 0) is 11.2 Å². The minimum atomic E-state index is -0.480. The number of amides is 2. The van der Waals surface area contributed by atoms with E-state index in [0.717, 1.165) is 0 Å². The zero-order valence-electron chi connectivity index (χ0n) is 17.2. The summed E-state index contributed by atoms with van der Waals surface area (Å²) in [5.41, 5.74) is 1.85. The number of benzene rings is 2. The summed E-state index contributed by atoms with van der Waals surface area (Å²) in [6, 6.07) is 14.6. The SMILES string of the molecule is CC(C(=O)Nc1cccc(NC(=O)c2csc(Cc3ccccc3F)n2)c1)n1cccn1. The van der Waals surface area contributed by atoms with Gasteiger partial charge < -0.3 is 10.6 Å². The zero-order chi connectivity index (χ0) is 22.5. The van der Waals surface area contributed by atoms with Gasteiger partial charge >= 0.3 is 0 Å². The highest BCUT2D eigenvalue weighted by molar-refractivity contribution is 7.09. The first kappa shape index (κ1) is 21.4. The van der Waals surface area contributed by atoms with Crippen molar-refractivity contribution in [2.24, 2.45) is 0 Å². The number of rotatable bonds is 7. The van der Waals surface area contributed by atoms with Gasteiger partial charge in [-0.15, -0.1) is 11.3 Å². The highest BCUT2D eigenvalue weighted by Crippen LogP contribution is 2.20. The average Bonchev–Trinajstić information content (AvgIpc) is 3.47. The van der Waals surface area contributed by atoms with Gasteiger partial charge in [-0.05, 0) is 42.8 Å². The van der Waals surface area contributed by atoms with E-state index in [0.29, 0.717) is 28.4 Å². The highest BCUT2D eigenvalue weighted by atomic mass is 32.1. The standard InChI is InChI=1S/C23H20FN5O2S/c1-15(29-11-5-10-25-29)22(30)26-17-7-4-8-18(13-17)27-23(31)20-14-32-21(28-20)12-16-6-2-3-9-19(16)24/h2-11,13-15H,12H2,1H3,(H,26,30)(H,27,31). The normalized spacial score (nSPS) is 11.7. The van der Waals surface area contributed by atoms with Crippen LogP contribution in [-0.4, -0.2) is 26.6 Å². The molecule has 9 heteroatoms. The molecule has 0 saturated carbocycles. The molecule has 0 aliphatic rings. The van der Waals surface area contributed by atoms with Gasteiger partial charge in [-0.3, -0.25) is 14.3 Å². The van der Waals surface area contributed by atoms with Crippen molar-refractivity contribution in [2.45, 2.75) is 19.4 Å². The van der Waals surface area contributed by atoms with E-state index in [1.807, 2.05) is 0 Å². The second kappa shape index (κ2) is 9.52. The fourth-order valence-corrected chi connectivity index (χ4v) is 3.84. The molecule has 4 rings (SSSR count). The molecule has 0 fully saturated rings. The molecular weight excluding hydrogens is 429 g/mol. The monoisotopic (exact) mass is 449 g/mol. The molecule has 4 aromatic rings. The van der Waals surface area contributed by atoms with E-state index in [9.17, 15) is 14.0 Å². The van der Waals surface area contributed by atoms with Crippen LogP contribution in [0.3, 0.4) is 0 Å². The van der Waals surface area contributed by atoms with E-state index < -0.39 is 6.04 Å². The van der Waals surface area contributed by atoms with Gasteiger partial charge in [0.15, 0.2) is 0 Å². The van der Waals surface area contributed by atoms with E-state index in [-0.39, 0.29) is 23.3 Å². The Hall–Kier alpha value is -3.85. The Kier molecular flexibility index (Phi) is 6.37. The lowest BCUT2D eigenvalue weighted by Gasteiger charge is -2.13. The van der Waals surface area contributed by atoms with Crippen LogP contribution in [0.5, 0.6) is 0 Å². The Morgan fingerprint density at radius 3 is 2.62 bits per heavy atom. The van der Waals surface area contributed by atoms with E-state index in [1.165, 1.54) is 17.4 Å². The largest absolute Gasteiger partial charge is 0.324 e. The zero-order valence-corrected chi connectivity index (χ0v) is 18.0. The number of aromatic nitrogens is 3. The molecule has 2 heterocycles. The van der Waals surface area contributed by atoms with Gasteiger partial charge in [0.1, 0.15) is 17.6 Å². The van der Waals surface area contributed by atoms with E-state index >= 15 is 0 Å². The number of halogens is 1. The van der Waals surface area contributed by atoms with Crippen LogP contribution in [0.15, 0.2) is 72.4 Å². The van der Waals surface area contributed by atoms with Crippen molar-refractivity contribution in [1.82, 2.24) is 14.8 Å². The quantitative estimate of drug-likeness (QED) is 0.434. The van der Waals surface area contributed by atoms with Crippen molar-refractivity contribution in [3.63, 3.8) is 0 Å². The number of anilines is 2.